The zero-order valence-corrected chi connectivity index (χ0v) is 18.1. The van der Waals surface area contributed by atoms with E-state index in [1.165, 1.54) is 0 Å². The summed E-state index contributed by atoms with van der Waals surface area (Å²) in [5.74, 6) is 0. The molecule has 3 rings (SSSR count). The van der Waals surface area contributed by atoms with E-state index >= 15 is 0 Å². The third-order valence-electron chi connectivity index (χ3n) is 4.88. The highest BCUT2D eigenvalue weighted by atomic mass is 32.2. The molecule has 0 atom stereocenters. The van der Waals surface area contributed by atoms with Gasteiger partial charge in [0.15, 0.2) is 0 Å². The number of thiophene rings is 1. The van der Waals surface area contributed by atoms with E-state index in [-0.39, 0.29) is 6.03 Å². The molecule has 0 unspecified atom stereocenters. The topological polar surface area (TPSA) is 69.7 Å². The van der Waals surface area contributed by atoms with Crippen LogP contribution in [0.4, 0.5) is 4.79 Å². The number of nitrogens with zero attached hydrogens (tertiary/aromatic N) is 2. The Morgan fingerprint density at radius 1 is 1.17 bits per heavy atom. The van der Waals surface area contributed by atoms with Gasteiger partial charge in [-0.3, -0.25) is 0 Å². The summed E-state index contributed by atoms with van der Waals surface area (Å²) in [7, 11) is -3.43. The third kappa shape index (κ3) is 5.68. The second-order valence-electron chi connectivity index (χ2n) is 7.02. The van der Waals surface area contributed by atoms with E-state index in [2.05, 4.69) is 11.9 Å². The molecule has 1 aromatic carbocycles. The number of sulfonamides is 1. The zero-order valence-electron chi connectivity index (χ0n) is 16.4. The van der Waals surface area contributed by atoms with Gasteiger partial charge in [-0.1, -0.05) is 30.7 Å². The van der Waals surface area contributed by atoms with Crippen molar-refractivity contribution in [1.82, 2.24) is 14.5 Å². The lowest BCUT2D eigenvalue weighted by Gasteiger charge is -2.26. The molecule has 1 saturated heterocycles. The number of benzene rings is 1. The van der Waals surface area contributed by atoms with Gasteiger partial charge >= 0.3 is 6.03 Å². The van der Waals surface area contributed by atoms with Gasteiger partial charge in [0.2, 0.25) is 10.0 Å². The van der Waals surface area contributed by atoms with Crippen LogP contribution in [-0.4, -0.2) is 43.3 Å². The first-order valence-electron chi connectivity index (χ1n) is 9.76. The SMILES string of the molecule is C=CCN(Cc1cccs1)C(=O)NCc1ccc(S(=O)(=O)N2CCCCC2)cc1. The van der Waals surface area contributed by atoms with E-state index in [4.69, 9.17) is 0 Å². The van der Waals surface area contributed by atoms with Crippen molar-refractivity contribution in [2.75, 3.05) is 19.6 Å². The Kier molecular flexibility index (Phi) is 7.46. The Morgan fingerprint density at radius 2 is 1.90 bits per heavy atom. The number of urea groups is 1. The van der Waals surface area contributed by atoms with E-state index in [1.807, 2.05) is 17.5 Å². The molecule has 1 aliphatic rings. The van der Waals surface area contributed by atoms with E-state index in [9.17, 15) is 13.2 Å². The quantitative estimate of drug-likeness (QED) is 0.644. The van der Waals surface area contributed by atoms with Gasteiger partial charge < -0.3 is 10.2 Å². The summed E-state index contributed by atoms with van der Waals surface area (Å²) < 4.78 is 27.0. The average molecular weight is 434 g/mol. The molecule has 1 fully saturated rings. The van der Waals surface area contributed by atoms with Crippen LogP contribution in [0.25, 0.3) is 0 Å². The van der Waals surface area contributed by atoms with E-state index in [0.717, 1.165) is 29.7 Å². The first-order valence-corrected chi connectivity index (χ1v) is 12.1. The molecule has 2 amide bonds. The van der Waals surface area contributed by atoms with Crippen LogP contribution in [0.3, 0.4) is 0 Å². The fraction of sp³-hybridized carbons (Fsp3) is 0.381. The molecular weight excluding hydrogens is 406 g/mol. The summed E-state index contributed by atoms with van der Waals surface area (Å²) in [6, 6.07) is 10.5. The van der Waals surface area contributed by atoms with Crippen molar-refractivity contribution in [3.05, 3.63) is 64.9 Å². The Balaban J connectivity index is 1.58. The molecule has 1 N–H and O–H groups in total. The largest absolute Gasteiger partial charge is 0.334 e. The first-order chi connectivity index (χ1) is 14.0. The fourth-order valence-electron chi connectivity index (χ4n) is 3.29. The monoisotopic (exact) mass is 433 g/mol. The maximum absolute atomic E-state index is 12.7. The molecule has 2 heterocycles. The van der Waals surface area contributed by atoms with Gasteiger partial charge in [-0.05, 0) is 42.0 Å². The molecular formula is C21H27N3O3S2. The summed E-state index contributed by atoms with van der Waals surface area (Å²) in [5, 5.41) is 4.89. The minimum Gasteiger partial charge on any atom is -0.334 e. The summed E-state index contributed by atoms with van der Waals surface area (Å²) in [6.07, 6.45) is 4.61. The predicted molar refractivity (Wildman–Crippen MR) is 116 cm³/mol. The molecule has 6 nitrogen and oxygen atoms in total. The molecule has 29 heavy (non-hydrogen) atoms. The predicted octanol–water partition coefficient (Wildman–Crippen LogP) is 3.82. The number of hydrogen-bond acceptors (Lipinski definition) is 4. The van der Waals surface area contributed by atoms with Gasteiger partial charge in [0, 0.05) is 31.1 Å². The van der Waals surface area contributed by atoms with Gasteiger partial charge in [0.05, 0.1) is 11.4 Å². The van der Waals surface area contributed by atoms with E-state index < -0.39 is 10.0 Å². The maximum atomic E-state index is 12.7. The second-order valence-corrected chi connectivity index (χ2v) is 9.99. The van der Waals surface area contributed by atoms with Crippen molar-refractivity contribution in [3.63, 3.8) is 0 Å². The first kappa shape index (κ1) is 21.5. The molecule has 0 spiro atoms. The smallest absolute Gasteiger partial charge is 0.318 e. The van der Waals surface area contributed by atoms with Crippen molar-refractivity contribution < 1.29 is 13.2 Å². The molecule has 0 radical (unpaired) electrons. The summed E-state index contributed by atoms with van der Waals surface area (Å²) in [6.45, 7) is 6.22. The molecule has 0 saturated carbocycles. The molecule has 2 aromatic rings. The van der Waals surface area contributed by atoms with Gasteiger partial charge in [-0.15, -0.1) is 17.9 Å². The Bertz CT molecular complexity index is 903. The molecule has 156 valence electrons. The number of carbonyl (C=O) groups excluding carboxylic acids is 1. The Hall–Kier alpha value is -2.16. The normalized spacial score (nSPS) is 15.0. The molecule has 8 heteroatoms. The summed E-state index contributed by atoms with van der Waals surface area (Å²) in [4.78, 5) is 15.6. The number of hydrogen-bond donors (Lipinski definition) is 1. The van der Waals surface area contributed by atoms with Gasteiger partial charge in [-0.2, -0.15) is 4.31 Å². The zero-order chi connectivity index (χ0) is 20.7. The van der Waals surface area contributed by atoms with Crippen molar-refractivity contribution in [3.8, 4) is 0 Å². The van der Waals surface area contributed by atoms with Crippen LogP contribution in [0.2, 0.25) is 0 Å². The molecule has 1 aliphatic heterocycles. The van der Waals surface area contributed by atoms with Crippen molar-refractivity contribution in [2.24, 2.45) is 0 Å². The number of carbonyl (C=O) groups is 1. The van der Waals surface area contributed by atoms with Crippen LogP contribution in [0.1, 0.15) is 29.7 Å². The number of amides is 2. The minimum atomic E-state index is -3.43. The Labute approximate surface area is 176 Å². The van der Waals surface area contributed by atoms with Gasteiger partial charge in [0.1, 0.15) is 0 Å². The van der Waals surface area contributed by atoms with Crippen molar-refractivity contribution in [2.45, 2.75) is 37.2 Å². The number of nitrogens with one attached hydrogen (secondary N) is 1. The minimum absolute atomic E-state index is 0.177. The third-order valence-corrected chi connectivity index (χ3v) is 7.66. The van der Waals surface area contributed by atoms with Gasteiger partial charge in [0.25, 0.3) is 0 Å². The van der Waals surface area contributed by atoms with Crippen LogP contribution in [0.5, 0.6) is 0 Å². The molecule has 1 aromatic heterocycles. The maximum Gasteiger partial charge on any atom is 0.318 e. The van der Waals surface area contributed by atoms with Crippen LogP contribution >= 0.6 is 11.3 Å². The van der Waals surface area contributed by atoms with Crippen LogP contribution in [0, 0.1) is 0 Å². The average Bonchev–Trinajstić information content (AvgIpc) is 3.26. The lowest BCUT2D eigenvalue weighted by Crippen LogP contribution is -2.39. The van der Waals surface area contributed by atoms with Crippen LogP contribution < -0.4 is 5.32 Å². The summed E-state index contributed by atoms with van der Waals surface area (Å²) in [5.41, 5.74) is 0.852. The van der Waals surface area contributed by atoms with Crippen molar-refractivity contribution >= 4 is 27.4 Å². The second kappa shape index (κ2) is 10.0. The highest BCUT2D eigenvalue weighted by molar-refractivity contribution is 7.89. The van der Waals surface area contributed by atoms with Crippen LogP contribution in [0.15, 0.2) is 59.3 Å². The standard InChI is InChI=1S/C21H27N3O3S2/c1-2-12-23(17-19-7-6-15-28-19)21(25)22-16-18-8-10-20(11-9-18)29(26,27)24-13-4-3-5-14-24/h2,6-11,15H,1,3-5,12-14,16-17H2,(H,22,25). The van der Waals surface area contributed by atoms with Crippen LogP contribution in [-0.2, 0) is 23.1 Å². The number of piperidine rings is 1. The molecule has 0 aliphatic carbocycles. The van der Waals surface area contributed by atoms with E-state index in [0.29, 0.717) is 37.6 Å². The number of rotatable bonds is 8. The molecule has 0 bridgehead atoms. The highest BCUT2D eigenvalue weighted by Gasteiger charge is 2.25. The lowest BCUT2D eigenvalue weighted by atomic mass is 10.2. The highest BCUT2D eigenvalue weighted by Crippen LogP contribution is 2.21. The van der Waals surface area contributed by atoms with E-state index in [1.54, 1.807) is 50.9 Å². The summed E-state index contributed by atoms with van der Waals surface area (Å²) >= 11 is 1.61. The fourth-order valence-corrected chi connectivity index (χ4v) is 5.53. The Morgan fingerprint density at radius 3 is 2.52 bits per heavy atom. The lowest BCUT2D eigenvalue weighted by molar-refractivity contribution is 0.201. The van der Waals surface area contributed by atoms with Gasteiger partial charge in [-0.25, -0.2) is 13.2 Å². The van der Waals surface area contributed by atoms with Crippen molar-refractivity contribution in [1.29, 1.82) is 0 Å².